The van der Waals surface area contributed by atoms with Crippen molar-refractivity contribution in [2.45, 2.75) is 33.4 Å². The second-order valence-corrected chi connectivity index (χ2v) is 5.98. The number of likely N-dealkylation sites (N-methyl/N-ethyl adjacent to an activating group) is 2. The number of hydrogen-bond donors (Lipinski definition) is 1. The van der Waals surface area contributed by atoms with Crippen LogP contribution >= 0.6 is 15.9 Å². The van der Waals surface area contributed by atoms with Crippen molar-refractivity contribution in [1.82, 2.24) is 10.2 Å². The minimum absolute atomic E-state index is 0.567. The van der Waals surface area contributed by atoms with Crippen LogP contribution in [0.15, 0.2) is 28.7 Å². The van der Waals surface area contributed by atoms with Crippen LogP contribution < -0.4 is 5.32 Å². The van der Waals surface area contributed by atoms with E-state index in [4.69, 9.17) is 0 Å². The summed E-state index contributed by atoms with van der Waals surface area (Å²) in [5, 5.41) is 3.46. The smallest absolute Gasteiger partial charge is 0.0245 e. The van der Waals surface area contributed by atoms with Gasteiger partial charge in [0.1, 0.15) is 0 Å². The van der Waals surface area contributed by atoms with E-state index in [2.05, 4.69) is 78.2 Å². The van der Waals surface area contributed by atoms with Crippen molar-refractivity contribution in [3.8, 4) is 0 Å². The van der Waals surface area contributed by atoms with Crippen molar-refractivity contribution in [3.05, 3.63) is 34.3 Å². The summed E-state index contributed by atoms with van der Waals surface area (Å²) in [6.45, 7) is 9.80. The molecule has 0 radical (unpaired) electrons. The number of nitrogens with one attached hydrogen (secondary N) is 1. The molecule has 102 valence electrons. The second-order valence-electron chi connectivity index (χ2n) is 5.13. The lowest BCUT2D eigenvalue weighted by Gasteiger charge is -2.31. The molecule has 0 aliphatic heterocycles. The van der Waals surface area contributed by atoms with Crippen LogP contribution in [0.1, 0.15) is 26.3 Å². The molecular formula is C15H25BrN2. The molecule has 0 fully saturated rings. The van der Waals surface area contributed by atoms with Crippen LogP contribution in [0.25, 0.3) is 0 Å². The molecule has 0 aromatic heterocycles. The number of benzene rings is 1. The van der Waals surface area contributed by atoms with Crippen LogP contribution in [0.4, 0.5) is 0 Å². The Balaban J connectivity index is 2.66. The summed E-state index contributed by atoms with van der Waals surface area (Å²) in [7, 11) is 2.21. The first-order valence-electron chi connectivity index (χ1n) is 6.70. The highest BCUT2D eigenvalue weighted by Gasteiger charge is 2.18. The summed E-state index contributed by atoms with van der Waals surface area (Å²) in [5.74, 6) is 0.650. The third-order valence-corrected chi connectivity index (χ3v) is 4.09. The Morgan fingerprint density at radius 1 is 1.28 bits per heavy atom. The van der Waals surface area contributed by atoms with Crippen LogP contribution in [-0.4, -0.2) is 31.1 Å². The summed E-state index contributed by atoms with van der Waals surface area (Å²) in [5.41, 5.74) is 1.35. The lowest BCUT2D eigenvalue weighted by atomic mass is 10.0. The molecule has 0 amide bonds. The fourth-order valence-electron chi connectivity index (χ4n) is 2.21. The molecule has 1 atom stereocenters. The topological polar surface area (TPSA) is 15.3 Å². The summed E-state index contributed by atoms with van der Waals surface area (Å²) in [4.78, 5) is 2.44. The van der Waals surface area contributed by atoms with E-state index in [1.165, 1.54) is 10.0 Å². The van der Waals surface area contributed by atoms with Gasteiger partial charge in [0, 0.05) is 23.6 Å². The van der Waals surface area contributed by atoms with Gasteiger partial charge in [-0.2, -0.15) is 0 Å². The standard InChI is InChI=1S/C15H25BrN2/c1-5-17-10-15(12(2)3)18(4)11-13-8-6-7-9-14(13)16/h6-9,12,15,17H,5,10-11H2,1-4H3. The molecule has 0 spiro atoms. The van der Waals surface area contributed by atoms with E-state index < -0.39 is 0 Å². The van der Waals surface area contributed by atoms with Gasteiger partial charge in [-0.05, 0) is 31.1 Å². The van der Waals surface area contributed by atoms with Crippen LogP contribution in [0.3, 0.4) is 0 Å². The molecule has 0 saturated heterocycles. The number of nitrogens with zero attached hydrogens (tertiary/aromatic N) is 1. The quantitative estimate of drug-likeness (QED) is 0.828. The van der Waals surface area contributed by atoms with Gasteiger partial charge in [-0.3, -0.25) is 4.90 Å². The molecule has 0 aliphatic rings. The average Bonchev–Trinajstić information content (AvgIpc) is 2.32. The molecule has 0 saturated carbocycles. The summed E-state index contributed by atoms with van der Waals surface area (Å²) < 4.78 is 1.20. The van der Waals surface area contributed by atoms with Gasteiger partial charge in [0.2, 0.25) is 0 Å². The third kappa shape index (κ3) is 4.71. The average molecular weight is 313 g/mol. The van der Waals surface area contributed by atoms with E-state index in [9.17, 15) is 0 Å². The van der Waals surface area contributed by atoms with E-state index >= 15 is 0 Å². The number of halogens is 1. The minimum atomic E-state index is 0.567. The molecule has 0 aliphatic carbocycles. The molecule has 1 N–H and O–H groups in total. The fourth-order valence-corrected chi connectivity index (χ4v) is 2.62. The lowest BCUT2D eigenvalue weighted by molar-refractivity contribution is 0.180. The SMILES string of the molecule is CCNCC(C(C)C)N(C)Cc1ccccc1Br. The van der Waals surface area contributed by atoms with Gasteiger partial charge in [0.05, 0.1) is 0 Å². The van der Waals surface area contributed by atoms with Gasteiger partial charge in [-0.25, -0.2) is 0 Å². The van der Waals surface area contributed by atoms with Gasteiger partial charge >= 0.3 is 0 Å². The first-order chi connectivity index (χ1) is 8.56. The Kier molecular flexibility index (Phi) is 6.90. The highest BCUT2D eigenvalue weighted by atomic mass is 79.9. The first kappa shape index (κ1) is 15.7. The highest BCUT2D eigenvalue weighted by molar-refractivity contribution is 9.10. The molecule has 18 heavy (non-hydrogen) atoms. The number of rotatable bonds is 7. The van der Waals surface area contributed by atoms with E-state index in [1.807, 2.05) is 0 Å². The molecule has 2 nitrogen and oxygen atoms in total. The largest absolute Gasteiger partial charge is 0.315 e. The predicted molar refractivity (Wildman–Crippen MR) is 82.8 cm³/mol. The van der Waals surface area contributed by atoms with Crippen molar-refractivity contribution in [1.29, 1.82) is 0 Å². The van der Waals surface area contributed by atoms with Crippen LogP contribution in [-0.2, 0) is 6.54 Å². The summed E-state index contributed by atoms with van der Waals surface area (Å²) in [6, 6.07) is 9.02. The van der Waals surface area contributed by atoms with Gasteiger partial charge < -0.3 is 5.32 Å². The molecular weight excluding hydrogens is 288 g/mol. The van der Waals surface area contributed by atoms with E-state index in [1.54, 1.807) is 0 Å². The first-order valence-corrected chi connectivity index (χ1v) is 7.50. The molecule has 1 unspecified atom stereocenters. The van der Waals surface area contributed by atoms with Gasteiger partial charge in [-0.1, -0.05) is 54.9 Å². The molecule has 0 bridgehead atoms. The molecule has 1 aromatic carbocycles. The zero-order valence-corrected chi connectivity index (χ0v) is 13.5. The van der Waals surface area contributed by atoms with Crippen molar-refractivity contribution < 1.29 is 0 Å². The predicted octanol–water partition coefficient (Wildman–Crippen LogP) is 3.52. The van der Waals surface area contributed by atoms with Gasteiger partial charge in [0.15, 0.2) is 0 Å². The van der Waals surface area contributed by atoms with Crippen molar-refractivity contribution >= 4 is 15.9 Å². The highest BCUT2D eigenvalue weighted by Crippen LogP contribution is 2.19. The number of hydrogen-bond acceptors (Lipinski definition) is 2. The van der Waals surface area contributed by atoms with Crippen LogP contribution in [0.5, 0.6) is 0 Å². The molecule has 1 rings (SSSR count). The monoisotopic (exact) mass is 312 g/mol. The molecule has 3 heteroatoms. The normalized spacial score (nSPS) is 13.3. The fraction of sp³-hybridized carbons (Fsp3) is 0.600. The Hall–Kier alpha value is -0.380. The van der Waals surface area contributed by atoms with Gasteiger partial charge in [-0.15, -0.1) is 0 Å². The molecule has 1 aromatic rings. The lowest BCUT2D eigenvalue weighted by Crippen LogP contribution is -2.43. The zero-order valence-electron chi connectivity index (χ0n) is 11.9. The maximum atomic E-state index is 3.62. The van der Waals surface area contributed by atoms with E-state index in [0.717, 1.165) is 19.6 Å². The maximum Gasteiger partial charge on any atom is 0.0245 e. The van der Waals surface area contributed by atoms with Crippen LogP contribution in [0, 0.1) is 5.92 Å². The third-order valence-electron chi connectivity index (χ3n) is 3.32. The van der Waals surface area contributed by atoms with Crippen molar-refractivity contribution in [2.75, 3.05) is 20.1 Å². The Bertz CT molecular complexity index is 352. The Labute approximate surface area is 120 Å². The van der Waals surface area contributed by atoms with E-state index in [0.29, 0.717) is 12.0 Å². The van der Waals surface area contributed by atoms with Crippen molar-refractivity contribution in [2.24, 2.45) is 5.92 Å². The summed E-state index contributed by atoms with van der Waals surface area (Å²) in [6.07, 6.45) is 0. The summed E-state index contributed by atoms with van der Waals surface area (Å²) >= 11 is 3.62. The second kappa shape index (κ2) is 7.93. The Morgan fingerprint density at radius 2 is 1.94 bits per heavy atom. The van der Waals surface area contributed by atoms with Gasteiger partial charge in [0.25, 0.3) is 0 Å². The Morgan fingerprint density at radius 3 is 2.50 bits per heavy atom. The minimum Gasteiger partial charge on any atom is -0.315 e. The van der Waals surface area contributed by atoms with Crippen molar-refractivity contribution in [3.63, 3.8) is 0 Å². The maximum absolute atomic E-state index is 3.62. The van der Waals surface area contributed by atoms with Crippen LogP contribution in [0.2, 0.25) is 0 Å². The molecule has 0 heterocycles. The van der Waals surface area contributed by atoms with E-state index in [-0.39, 0.29) is 0 Å². The zero-order chi connectivity index (χ0) is 13.5.